The molecule has 7 heteroatoms. The molecule has 0 heterocycles. The number of nitriles is 1. The van der Waals surface area contributed by atoms with Gasteiger partial charge in [-0.3, -0.25) is 4.79 Å². The number of anilines is 1. The van der Waals surface area contributed by atoms with Crippen molar-refractivity contribution in [3.63, 3.8) is 0 Å². The van der Waals surface area contributed by atoms with Crippen molar-refractivity contribution in [2.45, 2.75) is 6.61 Å². The normalized spacial score (nSPS) is 11.1. The van der Waals surface area contributed by atoms with Crippen LogP contribution in [0.25, 0.3) is 16.8 Å². The van der Waals surface area contributed by atoms with E-state index in [-0.39, 0.29) is 5.57 Å². The van der Waals surface area contributed by atoms with Crippen LogP contribution in [0.1, 0.15) is 11.1 Å². The Bertz CT molecular complexity index is 1450. The van der Waals surface area contributed by atoms with E-state index in [0.29, 0.717) is 38.3 Å². The molecule has 0 atom stereocenters. The minimum atomic E-state index is -0.527. The highest BCUT2D eigenvalue weighted by Gasteiger charge is 2.14. The number of carbonyl (C=O) groups is 1. The molecule has 4 rings (SSSR count). The summed E-state index contributed by atoms with van der Waals surface area (Å²) in [5.41, 5.74) is 2.18. The summed E-state index contributed by atoms with van der Waals surface area (Å²) < 4.78 is 12.8. The number of para-hydroxylation sites is 2. The number of amides is 1. The highest BCUT2D eigenvalue weighted by atomic mass is 79.9. The summed E-state index contributed by atoms with van der Waals surface area (Å²) in [7, 11) is 1.52. The van der Waals surface area contributed by atoms with Crippen molar-refractivity contribution in [2.75, 3.05) is 12.4 Å². The number of fused-ring (bicyclic) bond motifs is 1. The zero-order valence-electron chi connectivity index (χ0n) is 18.7. The predicted octanol–water partition coefficient (Wildman–Crippen LogP) is 7.50. The van der Waals surface area contributed by atoms with Crippen LogP contribution in [-0.2, 0) is 11.4 Å². The first-order chi connectivity index (χ1) is 17.0. The summed E-state index contributed by atoms with van der Waals surface area (Å²) in [5.74, 6) is 0.615. The number of hydrogen-bond acceptors (Lipinski definition) is 4. The third-order valence-electron chi connectivity index (χ3n) is 5.30. The zero-order chi connectivity index (χ0) is 24.8. The molecule has 0 aromatic heterocycles. The topological polar surface area (TPSA) is 71.3 Å². The van der Waals surface area contributed by atoms with E-state index in [1.54, 1.807) is 36.4 Å². The van der Waals surface area contributed by atoms with Gasteiger partial charge in [0.25, 0.3) is 5.91 Å². The van der Waals surface area contributed by atoms with E-state index in [9.17, 15) is 10.1 Å². The molecule has 0 aliphatic rings. The van der Waals surface area contributed by atoms with Crippen LogP contribution in [-0.4, -0.2) is 13.0 Å². The van der Waals surface area contributed by atoms with E-state index in [0.717, 1.165) is 16.3 Å². The van der Waals surface area contributed by atoms with E-state index in [2.05, 4.69) is 55.4 Å². The van der Waals surface area contributed by atoms with E-state index in [4.69, 9.17) is 9.47 Å². The van der Waals surface area contributed by atoms with Gasteiger partial charge < -0.3 is 14.8 Å². The molecular weight excluding hydrogens is 572 g/mol. The highest BCUT2D eigenvalue weighted by Crippen LogP contribution is 2.36. The summed E-state index contributed by atoms with van der Waals surface area (Å²) in [6, 6.07) is 26.9. The fraction of sp³-hybridized carbons (Fsp3) is 0.0714. The molecule has 0 fully saturated rings. The second kappa shape index (κ2) is 11.2. The minimum Gasteiger partial charge on any atom is -0.495 e. The SMILES string of the molecule is COc1ccccc1NC(=O)/C(C#N)=C/c1cc(Br)c(OCc2cccc3ccccc23)c(Br)c1. The zero-order valence-corrected chi connectivity index (χ0v) is 21.9. The highest BCUT2D eigenvalue weighted by molar-refractivity contribution is 9.11. The quantitative estimate of drug-likeness (QED) is 0.178. The van der Waals surface area contributed by atoms with E-state index in [1.807, 2.05) is 30.3 Å². The Morgan fingerprint density at radius 2 is 1.69 bits per heavy atom. The predicted molar refractivity (Wildman–Crippen MR) is 145 cm³/mol. The van der Waals surface area contributed by atoms with Crippen molar-refractivity contribution in [3.05, 3.63) is 105 Å². The molecule has 174 valence electrons. The van der Waals surface area contributed by atoms with Crippen LogP contribution >= 0.6 is 31.9 Å². The molecule has 1 amide bonds. The van der Waals surface area contributed by atoms with Crippen molar-refractivity contribution in [1.82, 2.24) is 0 Å². The lowest BCUT2D eigenvalue weighted by Crippen LogP contribution is -2.14. The van der Waals surface area contributed by atoms with Gasteiger partial charge >= 0.3 is 0 Å². The second-order valence-corrected chi connectivity index (χ2v) is 9.27. The summed E-state index contributed by atoms with van der Waals surface area (Å²) >= 11 is 7.12. The second-order valence-electron chi connectivity index (χ2n) is 7.56. The largest absolute Gasteiger partial charge is 0.495 e. The Hall–Kier alpha value is -3.60. The fourth-order valence-electron chi connectivity index (χ4n) is 3.62. The van der Waals surface area contributed by atoms with Crippen LogP contribution in [0.3, 0.4) is 0 Å². The van der Waals surface area contributed by atoms with Crippen molar-refractivity contribution in [1.29, 1.82) is 5.26 Å². The van der Waals surface area contributed by atoms with Gasteiger partial charge in [0.1, 0.15) is 29.7 Å². The number of halogens is 2. The maximum Gasteiger partial charge on any atom is 0.266 e. The molecule has 0 radical (unpaired) electrons. The maximum atomic E-state index is 12.7. The van der Waals surface area contributed by atoms with Gasteiger partial charge in [0, 0.05) is 0 Å². The van der Waals surface area contributed by atoms with Crippen molar-refractivity contribution < 1.29 is 14.3 Å². The molecule has 0 unspecified atom stereocenters. The number of hydrogen-bond donors (Lipinski definition) is 1. The van der Waals surface area contributed by atoms with Gasteiger partial charge in [-0.2, -0.15) is 5.26 Å². The van der Waals surface area contributed by atoms with Gasteiger partial charge in [-0.25, -0.2) is 0 Å². The summed E-state index contributed by atoms with van der Waals surface area (Å²) in [6.07, 6.45) is 1.52. The average Bonchev–Trinajstić information content (AvgIpc) is 2.87. The lowest BCUT2D eigenvalue weighted by atomic mass is 10.1. The number of benzene rings is 4. The smallest absolute Gasteiger partial charge is 0.266 e. The Morgan fingerprint density at radius 3 is 2.43 bits per heavy atom. The Kier molecular flexibility index (Phi) is 7.86. The van der Waals surface area contributed by atoms with Crippen molar-refractivity contribution >= 4 is 60.3 Å². The first-order valence-corrected chi connectivity index (χ1v) is 12.2. The molecule has 1 N–H and O–H groups in total. The average molecular weight is 592 g/mol. The Balaban J connectivity index is 1.54. The van der Waals surface area contributed by atoms with Gasteiger partial charge in [-0.05, 0) is 84.1 Å². The molecule has 0 saturated heterocycles. The van der Waals surface area contributed by atoms with Crippen LogP contribution in [0, 0.1) is 11.3 Å². The Labute approximate surface area is 220 Å². The molecular formula is C28H20Br2N2O3. The molecule has 4 aromatic carbocycles. The lowest BCUT2D eigenvalue weighted by molar-refractivity contribution is -0.112. The third kappa shape index (κ3) is 5.73. The number of nitrogens with one attached hydrogen (secondary N) is 1. The molecule has 0 aliphatic heterocycles. The molecule has 0 spiro atoms. The minimum absolute atomic E-state index is 0.0425. The van der Waals surface area contributed by atoms with E-state index >= 15 is 0 Å². The Morgan fingerprint density at radius 1 is 1.00 bits per heavy atom. The molecule has 0 saturated carbocycles. The van der Waals surface area contributed by atoms with Crippen LogP contribution < -0.4 is 14.8 Å². The molecule has 0 aliphatic carbocycles. The van der Waals surface area contributed by atoms with Crippen LogP contribution in [0.15, 0.2) is 93.4 Å². The monoisotopic (exact) mass is 590 g/mol. The summed E-state index contributed by atoms with van der Waals surface area (Å²) in [6.45, 7) is 0.387. The van der Waals surface area contributed by atoms with Crippen LogP contribution in [0.2, 0.25) is 0 Å². The molecule has 35 heavy (non-hydrogen) atoms. The first-order valence-electron chi connectivity index (χ1n) is 10.6. The van der Waals surface area contributed by atoms with E-state index in [1.165, 1.54) is 13.2 Å². The van der Waals surface area contributed by atoms with Crippen LogP contribution in [0.5, 0.6) is 11.5 Å². The molecule has 5 nitrogen and oxygen atoms in total. The van der Waals surface area contributed by atoms with Crippen molar-refractivity contribution in [3.8, 4) is 17.6 Å². The lowest BCUT2D eigenvalue weighted by Gasteiger charge is -2.13. The first kappa shape index (κ1) is 24.5. The number of ether oxygens (including phenoxy) is 2. The van der Waals surface area contributed by atoms with Gasteiger partial charge in [0.2, 0.25) is 0 Å². The van der Waals surface area contributed by atoms with E-state index < -0.39 is 5.91 Å². The number of methoxy groups -OCH3 is 1. The molecule has 4 aromatic rings. The fourth-order valence-corrected chi connectivity index (χ4v) is 5.07. The number of carbonyl (C=O) groups excluding carboxylic acids is 1. The maximum absolute atomic E-state index is 12.7. The summed E-state index contributed by atoms with van der Waals surface area (Å²) in [4.78, 5) is 12.7. The standard InChI is InChI=1S/C28H20Br2N2O3/c1-34-26-12-5-4-11-25(26)32-28(33)21(16-31)13-18-14-23(29)27(24(30)15-18)35-17-20-9-6-8-19-7-2-3-10-22(19)20/h2-15H,17H2,1H3,(H,32,33)/b21-13+. The van der Waals surface area contributed by atoms with Gasteiger partial charge in [0.15, 0.2) is 0 Å². The van der Waals surface area contributed by atoms with Crippen LogP contribution in [0.4, 0.5) is 5.69 Å². The van der Waals surface area contributed by atoms with Crippen molar-refractivity contribution in [2.24, 2.45) is 0 Å². The summed E-state index contributed by atoms with van der Waals surface area (Å²) in [5, 5.41) is 14.6. The van der Waals surface area contributed by atoms with Gasteiger partial charge in [0.05, 0.1) is 21.7 Å². The van der Waals surface area contributed by atoms with Gasteiger partial charge in [-0.1, -0.05) is 54.6 Å². The third-order valence-corrected chi connectivity index (χ3v) is 6.48. The molecule has 0 bridgehead atoms. The number of nitrogens with zero attached hydrogens (tertiary/aromatic N) is 1. The van der Waals surface area contributed by atoms with Gasteiger partial charge in [-0.15, -0.1) is 0 Å². The number of rotatable bonds is 7.